The lowest BCUT2D eigenvalue weighted by Crippen LogP contribution is -2.34. The third-order valence-corrected chi connectivity index (χ3v) is 3.87. The highest BCUT2D eigenvalue weighted by Crippen LogP contribution is 2.20. The maximum atomic E-state index is 12.0. The molecule has 1 aliphatic rings. The summed E-state index contributed by atoms with van der Waals surface area (Å²) in [6.07, 6.45) is 1.52. The molecule has 1 aromatic rings. The highest BCUT2D eigenvalue weighted by molar-refractivity contribution is 5.92. The molecule has 5 nitrogen and oxygen atoms in total. The van der Waals surface area contributed by atoms with Gasteiger partial charge in [-0.2, -0.15) is 0 Å². The minimum absolute atomic E-state index is 0.0180. The van der Waals surface area contributed by atoms with Crippen LogP contribution in [0.4, 0.5) is 11.4 Å². The Labute approximate surface area is 120 Å². The van der Waals surface area contributed by atoms with Crippen molar-refractivity contribution in [2.75, 3.05) is 37.9 Å². The van der Waals surface area contributed by atoms with Crippen molar-refractivity contribution in [1.82, 2.24) is 4.90 Å². The normalized spacial score (nSPS) is 18.4. The van der Waals surface area contributed by atoms with Crippen LogP contribution in [0.15, 0.2) is 18.2 Å². The molecule has 1 aromatic carbocycles. The fraction of sp³-hybridized carbons (Fsp3) is 0.533. The first-order chi connectivity index (χ1) is 9.58. The van der Waals surface area contributed by atoms with Crippen LogP contribution in [0.1, 0.15) is 18.4 Å². The Balaban J connectivity index is 1.81. The Morgan fingerprint density at radius 1 is 1.55 bits per heavy atom. The summed E-state index contributed by atoms with van der Waals surface area (Å²) in [5.74, 6) is 0.0180. The van der Waals surface area contributed by atoms with Gasteiger partial charge in [0.05, 0.1) is 6.61 Å². The van der Waals surface area contributed by atoms with Gasteiger partial charge in [0.25, 0.3) is 0 Å². The number of benzene rings is 1. The summed E-state index contributed by atoms with van der Waals surface area (Å²) < 4.78 is 5.35. The van der Waals surface area contributed by atoms with E-state index >= 15 is 0 Å². The summed E-state index contributed by atoms with van der Waals surface area (Å²) in [4.78, 5) is 14.2. The van der Waals surface area contributed by atoms with Crippen molar-refractivity contribution in [3.8, 4) is 0 Å². The van der Waals surface area contributed by atoms with Crippen LogP contribution in [0.25, 0.3) is 0 Å². The zero-order chi connectivity index (χ0) is 14.5. The summed E-state index contributed by atoms with van der Waals surface area (Å²) in [7, 11) is 2.04. The van der Waals surface area contributed by atoms with Crippen molar-refractivity contribution >= 4 is 17.3 Å². The van der Waals surface area contributed by atoms with Gasteiger partial charge in [-0.1, -0.05) is 6.07 Å². The van der Waals surface area contributed by atoms with E-state index in [4.69, 9.17) is 10.5 Å². The lowest BCUT2D eigenvalue weighted by Gasteiger charge is -2.22. The molecule has 0 saturated carbocycles. The highest BCUT2D eigenvalue weighted by atomic mass is 16.5. The molecule has 5 heteroatoms. The van der Waals surface area contributed by atoms with E-state index in [1.807, 2.05) is 32.2 Å². The van der Waals surface area contributed by atoms with Crippen LogP contribution < -0.4 is 11.1 Å². The topological polar surface area (TPSA) is 67.6 Å². The zero-order valence-corrected chi connectivity index (χ0v) is 12.2. The molecule has 1 aliphatic heterocycles. The van der Waals surface area contributed by atoms with Gasteiger partial charge in [-0.05, 0) is 38.1 Å². The molecule has 1 atom stereocenters. The molecule has 3 N–H and O–H groups in total. The first kappa shape index (κ1) is 14.8. The molecule has 1 fully saturated rings. The zero-order valence-electron chi connectivity index (χ0n) is 12.2. The van der Waals surface area contributed by atoms with Gasteiger partial charge in [0, 0.05) is 37.0 Å². The number of likely N-dealkylation sites (N-methyl/N-ethyl adjacent to an activating group) is 1. The number of nitrogens with zero attached hydrogens (tertiary/aromatic N) is 1. The van der Waals surface area contributed by atoms with Crippen molar-refractivity contribution in [1.29, 1.82) is 0 Å². The van der Waals surface area contributed by atoms with E-state index in [-0.39, 0.29) is 5.91 Å². The van der Waals surface area contributed by atoms with Gasteiger partial charge < -0.3 is 20.7 Å². The number of hydrogen-bond acceptors (Lipinski definition) is 4. The van der Waals surface area contributed by atoms with E-state index in [1.54, 1.807) is 0 Å². The van der Waals surface area contributed by atoms with Crippen LogP contribution in [0.2, 0.25) is 0 Å². The number of hydrogen-bond donors (Lipinski definition) is 2. The Kier molecular flexibility index (Phi) is 4.98. The van der Waals surface area contributed by atoms with Crippen molar-refractivity contribution in [3.63, 3.8) is 0 Å². The van der Waals surface area contributed by atoms with E-state index in [2.05, 4.69) is 10.2 Å². The first-order valence-electron chi connectivity index (χ1n) is 7.01. The van der Waals surface area contributed by atoms with Gasteiger partial charge in [-0.25, -0.2) is 0 Å². The molecule has 1 heterocycles. The molecular formula is C15H23N3O2. The molecule has 1 saturated heterocycles. The summed E-state index contributed by atoms with van der Waals surface area (Å²) in [5, 5.41) is 2.92. The van der Waals surface area contributed by atoms with Gasteiger partial charge >= 0.3 is 0 Å². The second kappa shape index (κ2) is 6.72. The van der Waals surface area contributed by atoms with Gasteiger partial charge in [0.2, 0.25) is 5.91 Å². The average Bonchev–Trinajstić information content (AvgIpc) is 2.95. The standard InChI is InChI=1S/C15H23N3O2/c1-11-13(16)4-3-5-14(11)17-15(19)6-8-18(2)12-7-9-20-10-12/h3-5,12H,6-10,16H2,1-2H3,(H,17,19). The predicted molar refractivity (Wildman–Crippen MR) is 80.7 cm³/mol. The van der Waals surface area contributed by atoms with Crippen LogP contribution in [-0.4, -0.2) is 43.7 Å². The highest BCUT2D eigenvalue weighted by Gasteiger charge is 2.20. The number of ether oxygens (including phenoxy) is 1. The van der Waals surface area contributed by atoms with E-state index in [9.17, 15) is 4.79 Å². The molecule has 1 amide bonds. The van der Waals surface area contributed by atoms with E-state index in [0.29, 0.717) is 18.2 Å². The molecule has 0 aromatic heterocycles. The average molecular weight is 277 g/mol. The fourth-order valence-corrected chi connectivity index (χ4v) is 2.33. The van der Waals surface area contributed by atoms with Gasteiger partial charge in [-0.3, -0.25) is 4.79 Å². The minimum atomic E-state index is 0.0180. The smallest absolute Gasteiger partial charge is 0.225 e. The van der Waals surface area contributed by atoms with E-state index in [0.717, 1.165) is 37.4 Å². The molecule has 2 rings (SSSR count). The van der Waals surface area contributed by atoms with Crippen LogP contribution >= 0.6 is 0 Å². The number of nitrogens with one attached hydrogen (secondary N) is 1. The Bertz CT molecular complexity index is 470. The number of anilines is 2. The molecule has 110 valence electrons. The van der Waals surface area contributed by atoms with Crippen LogP contribution in [0, 0.1) is 6.92 Å². The van der Waals surface area contributed by atoms with E-state index in [1.165, 1.54) is 0 Å². The van der Waals surface area contributed by atoms with Crippen molar-refractivity contribution in [2.45, 2.75) is 25.8 Å². The lowest BCUT2D eigenvalue weighted by molar-refractivity contribution is -0.116. The fourth-order valence-electron chi connectivity index (χ4n) is 2.33. The molecule has 0 bridgehead atoms. The van der Waals surface area contributed by atoms with Gasteiger partial charge in [0.1, 0.15) is 0 Å². The quantitative estimate of drug-likeness (QED) is 0.803. The predicted octanol–water partition coefficient (Wildman–Crippen LogP) is 1.63. The Morgan fingerprint density at radius 2 is 2.35 bits per heavy atom. The van der Waals surface area contributed by atoms with Crippen LogP contribution in [0.5, 0.6) is 0 Å². The summed E-state index contributed by atoms with van der Waals surface area (Å²) in [6, 6.07) is 5.99. The van der Waals surface area contributed by atoms with Gasteiger partial charge in [-0.15, -0.1) is 0 Å². The molecule has 0 radical (unpaired) electrons. The Hall–Kier alpha value is -1.59. The SMILES string of the molecule is Cc1c(N)cccc1NC(=O)CCN(C)C1CCOC1. The number of amides is 1. The van der Waals surface area contributed by atoms with Crippen molar-refractivity contribution in [3.05, 3.63) is 23.8 Å². The lowest BCUT2D eigenvalue weighted by atomic mass is 10.1. The summed E-state index contributed by atoms with van der Waals surface area (Å²) in [6.45, 7) is 4.24. The minimum Gasteiger partial charge on any atom is -0.398 e. The number of nitrogens with two attached hydrogens (primary N) is 1. The van der Waals surface area contributed by atoms with Gasteiger partial charge in [0.15, 0.2) is 0 Å². The second-order valence-electron chi connectivity index (χ2n) is 5.32. The molecule has 1 unspecified atom stereocenters. The largest absolute Gasteiger partial charge is 0.398 e. The third kappa shape index (κ3) is 3.71. The van der Waals surface area contributed by atoms with Crippen LogP contribution in [0.3, 0.4) is 0 Å². The second-order valence-corrected chi connectivity index (χ2v) is 5.32. The van der Waals surface area contributed by atoms with Crippen LogP contribution in [-0.2, 0) is 9.53 Å². The maximum Gasteiger partial charge on any atom is 0.225 e. The molecular weight excluding hydrogens is 254 g/mol. The number of rotatable bonds is 5. The monoisotopic (exact) mass is 277 g/mol. The van der Waals surface area contributed by atoms with E-state index < -0.39 is 0 Å². The van der Waals surface area contributed by atoms with Crippen molar-refractivity contribution < 1.29 is 9.53 Å². The third-order valence-electron chi connectivity index (χ3n) is 3.87. The Morgan fingerprint density at radius 3 is 3.05 bits per heavy atom. The maximum absolute atomic E-state index is 12.0. The summed E-state index contributed by atoms with van der Waals surface area (Å²) >= 11 is 0. The number of nitrogen functional groups attached to an aromatic ring is 1. The number of carbonyl (C=O) groups is 1. The molecule has 0 aliphatic carbocycles. The van der Waals surface area contributed by atoms with Crippen molar-refractivity contribution in [2.24, 2.45) is 0 Å². The molecule has 20 heavy (non-hydrogen) atoms. The number of carbonyl (C=O) groups excluding carboxylic acids is 1. The summed E-state index contributed by atoms with van der Waals surface area (Å²) in [5.41, 5.74) is 8.23. The molecule has 0 spiro atoms. The first-order valence-corrected chi connectivity index (χ1v) is 7.01.